The van der Waals surface area contributed by atoms with Gasteiger partial charge in [0.25, 0.3) is 11.6 Å². The molecule has 0 heterocycles. The van der Waals surface area contributed by atoms with E-state index in [9.17, 15) is 14.9 Å². The Balaban J connectivity index is 2.25. The number of benzene rings is 2. The lowest BCUT2D eigenvalue weighted by atomic mass is 10.1. The second-order valence-electron chi connectivity index (χ2n) is 3.95. The van der Waals surface area contributed by atoms with Crippen LogP contribution in [-0.2, 0) is 0 Å². The number of carbonyl (C=O) groups is 1. The van der Waals surface area contributed by atoms with E-state index in [0.717, 1.165) is 0 Å². The van der Waals surface area contributed by atoms with Crippen LogP contribution in [0.1, 0.15) is 10.4 Å². The maximum Gasteiger partial charge on any atom is 0.293 e. The van der Waals surface area contributed by atoms with Gasteiger partial charge in [0.05, 0.1) is 4.92 Å². The van der Waals surface area contributed by atoms with Gasteiger partial charge in [-0.05, 0) is 24.3 Å². The number of carbonyl (C=O) groups excluding carboxylic acids is 1. The van der Waals surface area contributed by atoms with Gasteiger partial charge in [0, 0.05) is 17.3 Å². The van der Waals surface area contributed by atoms with Gasteiger partial charge in [-0.25, -0.2) is 0 Å². The molecular weight excluding hydrogens is 260 g/mol. The summed E-state index contributed by atoms with van der Waals surface area (Å²) in [5, 5.41) is 13.4. The number of nitrogens with one attached hydrogen (secondary N) is 2. The topological polar surface area (TPSA) is 110 Å². The standard InChI is InChI=1S/C13H12N4O3/c14-16-11-8-9(6-7-12(11)17(19)20)13(18)15-10-4-2-1-3-5-10/h1-8,16H,14H2,(H,15,18). The number of amides is 1. The fourth-order valence-corrected chi connectivity index (χ4v) is 1.68. The van der Waals surface area contributed by atoms with Crippen molar-refractivity contribution in [2.24, 2.45) is 5.84 Å². The highest BCUT2D eigenvalue weighted by atomic mass is 16.6. The van der Waals surface area contributed by atoms with Crippen LogP contribution < -0.4 is 16.6 Å². The molecule has 0 aliphatic heterocycles. The predicted octanol–water partition coefficient (Wildman–Crippen LogP) is 2.13. The van der Waals surface area contributed by atoms with E-state index < -0.39 is 4.92 Å². The molecule has 0 radical (unpaired) electrons. The molecule has 0 aliphatic carbocycles. The zero-order valence-electron chi connectivity index (χ0n) is 10.4. The van der Waals surface area contributed by atoms with Crippen LogP contribution in [0.15, 0.2) is 48.5 Å². The Morgan fingerprint density at radius 1 is 1.15 bits per heavy atom. The zero-order valence-corrected chi connectivity index (χ0v) is 10.4. The Kier molecular flexibility index (Phi) is 3.92. The van der Waals surface area contributed by atoms with E-state index in [-0.39, 0.29) is 22.8 Å². The van der Waals surface area contributed by atoms with Gasteiger partial charge in [-0.15, -0.1) is 0 Å². The average molecular weight is 272 g/mol. The van der Waals surface area contributed by atoms with Gasteiger partial charge >= 0.3 is 0 Å². The first-order valence-electron chi connectivity index (χ1n) is 5.73. The van der Waals surface area contributed by atoms with Crippen LogP contribution >= 0.6 is 0 Å². The Bertz CT molecular complexity index is 643. The van der Waals surface area contributed by atoms with Crippen molar-refractivity contribution >= 4 is 23.0 Å². The largest absolute Gasteiger partial charge is 0.322 e. The molecule has 0 atom stereocenters. The maximum absolute atomic E-state index is 12.0. The highest BCUT2D eigenvalue weighted by Gasteiger charge is 2.16. The number of nitrogens with zero attached hydrogens (tertiary/aromatic N) is 1. The van der Waals surface area contributed by atoms with Gasteiger partial charge in [0.15, 0.2) is 0 Å². The molecule has 2 aromatic rings. The number of nitrogen functional groups attached to an aromatic ring is 1. The molecule has 2 aromatic carbocycles. The first kappa shape index (κ1) is 13.5. The van der Waals surface area contributed by atoms with Crippen molar-refractivity contribution in [2.45, 2.75) is 0 Å². The second kappa shape index (κ2) is 5.81. The molecule has 7 nitrogen and oxygen atoms in total. The smallest absolute Gasteiger partial charge is 0.293 e. The quantitative estimate of drug-likeness (QED) is 0.448. The van der Waals surface area contributed by atoms with Crippen molar-refractivity contribution in [3.8, 4) is 0 Å². The van der Waals surface area contributed by atoms with Crippen LogP contribution in [0.25, 0.3) is 0 Å². The molecule has 2 rings (SSSR count). The molecule has 0 fully saturated rings. The Hall–Kier alpha value is -2.93. The number of para-hydroxylation sites is 1. The lowest BCUT2D eigenvalue weighted by molar-refractivity contribution is -0.384. The molecule has 0 saturated heterocycles. The van der Waals surface area contributed by atoms with Gasteiger partial charge in [-0.3, -0.25) is 20.8 Å². The lowest BCUT2D eigenvalue weighted by Crippen LogP contribution is -2.14. The van der Waals surface area contributed by atoms with Crippen molar-refractivity contribution in [2.75, 3.05) is 10.7 Å². The van der Waals surface area contributed by atoms with Crippen LogP contribution in [-0.4, -0.2) is 10.8 Å². The summed E-state index contributed by atoms with van der Waals surface area (Å²) in [6.45, 7) is 0. The Labute approximate surface area is 114 Å². The van der Waals surface area contributed by atoms with E-state index in [4.69, 9.17) is 5.84 Å². The van der Waals surface area contributed by atoms with Gasteiger partial charge in [0.2, 0.25) is 0 Å². The third kappa shape index (κ3) is 2.90. The van der Waals surface area contributed by atoms with Crippen LogP contribution in [0.2, 0.25) is 0 Å². The molecule has 7 heteroatoms. The van der Waals surface area contributed by atoms with E-state index >= 15 is 0 Å². The van der Waals surface area contributed by atoms with Crippen molar-refractivity contribution < 1.29 is 9.72 Å². The van der Waals surface area contributed by atoms with E-state index in [2.05, 4.69) is 10.7 Å². The summed E-state index contributed by atoms with van der Waals surface area (Å²) in [6.07, 6.45) is 0. The summed E-state index contributed by atoms with van der Waals surface area (Å²) in [7, 11) is 0. The molecule has 0 spiro atoms. The summed E-state index contributed by atoms with van der Waals surface area (Å²) in [5.41, 5.74) is 3.01. The van der Waals surface area contributed by atoms with Gasteiger partial charge in [-0.2, -0.15) is 0 Å². The minimum Gasteiger partial charge on any atom is -0.322 e. The van der Waals surface area contributed by atoms with E-state index in [1.807, 2.05) is 6.07 Å². The number of anilines is 2. The molecule has 20 heavy (non-hydrogen) atoms. The third-order valence-electron chi connectivity index (χ3n) is 2.64. The third-order valence-corrected chi connectivity index (χ3v) is 2.64. The van der Waals surface area contributed by atoms with Gasteiger partial charge in [0.1, 0.15) is 5.69 Å². The van der Waals surface area contributed by atoms with Crippen molar-refractivity contribution in [1.29, 1.82) is 0 Å². The predicted molar refractivity (Wildman–Crippen MR) is 75.3 cm³/mol. The number of nitro groups is 1. The minimum atomic E-state index is -0.575. The molecule has 0 aliphatic rings. The SMILES string of the molecule is NNc1cc(C(=O)Nc2ccccc2)ccc1[N+](=O)[O-]. The first-order chi connectivity index (χ1) is 9.61. The van der Waals surface area contributed by atoms with E-state index in [1.165, 1.54) is 18.2 Å². The lowest BCUT2D eigenvalue weighted by Gasteiger charge is -2.07. The molecule has 102 valence electrons. The highest BCUT2D eigenvalue weighted by molar-refractivity contribution is 6.05. The summed E-state index contributed by atoms with van der Waals surface area (Å²) in [4.78, 5) is 22.2. The molecular formula is C13H12N4O3. The van der Waals surface area contributed by atoms with Gasteiger partial charge in [-0.1, -0.05) is 18.2 Å². The fourth-order valence-electron chi connectivity index (χ4n) is 1.68. The van der Waals surface area contributed by atoms with E-state index in [0.29, 0.717) is 5.69 Å². The molecule has 0 bridgehead atoms. The van der Waals surface area contributed by atoms with E-state index in [1.54, 1.807) is 24.3 Å². The Morgan fingerprint density at radius 2 is 1.85 bits per heavy atom. The molecule has 4 N–H and O–H groups in total. The van der Waals surface area contributed by atoms with Crippen LogP contribution in [0, 0.1) is 10.1 Å². The molecule has 0 saturated carbocycles. The average Bonchev–Trinajstić information content (AvgIpc) is 2.47. The number of nitrogens with two attached hydrogens (primary N) is 1. The summed E-state index contributed by atoms with van der Waals surface area (Å²) < 4.78 is 0. The highest BCUT2D eigenvalue weighted by Crippen LogP contribution is 2.24. The normalized spacial score (nSPS) is 9.85. The molecule has 1 amide bonds. The maximum atomic E-state index is 12.0. The number of nitro benzene ring substituents is 1. The second-order valence-corrected chi connectivity index (χ2v) is 3.95. The minimum absolute atomic E-state index is 0.0794. The van der Waals surface area contributed by atoms with Crippen LogP contribution in [0.5, 0.6) is 0 Å². The summed E-state index contributed by atoms with van der Waals surface area (Å²) in [6, 6.07) is 12.8. The van der Waals surface area contributed by atoms with Crippen LogP contribution in [0.3, 0.4) is 0 Å². The fraction of sp³-hybridized carbons (Fsp3) is 0. The van der Waals surface area contributed by atoms with Crippen molar-refractivity contribution in [1.82, 2.24) is 0 Å². The van der Waals surface area contributed by atoms with Crippen molar-refractivity contribution in [3.05, 3.63) is 64.2 Å². The van der Waals surface area contributed by atoms with Crippen LogP contribution in [0.4, 0.5) is 17.1 Å². The zero-order chi connectivity index (χ0) is 14.5. The summed E-state index contributed by atoms with van der Waals surface area (Å²) in [5.74, 6) is 4.85. The number of hydrazine groups is 1. The van der Waals surface area contributed by atoms with Gasteiger partial charge < -0.3 is 10.7 Å². The monoisotopic (exact) mass is 272 g/mol. The molecule has 0 aromatic heterocycles. The number of rotatable bonds is 4. The first-order valence-corrected chi connectivity index (χ1v) is 5.73. The summed E-state index contributed by atoms with van der Waals surface area (Å²) >= 11 is 0. The Morgan fingerprint density at radius 3 is 2.45 bits per heavy atom. The molecule has 0 unspecified atom stereocenters. The number of hydrogen-bond donors (Lipinski definition) is 3. The van der Waals surface area contributed by atoms with Crippen molar-refractivity contribution in [3.63, 3.8) is 0 Å². The number of hydrogen-bond acceptors (Lipinski definition) is 5.